The molecule has 0 saturated heterocycles. The molecule has 8 heteroatoms. The van der Waals surface area contributed by atoms with Crippen molar-refractivity contribution in [2.45, 2.75) is 18.7 Å². The number of hydrogen-bond acceptors (Lipinski definition) is 3. The molecule has 1 rings (SSSR count). The van der Waals surface area contributed by atoms with Crippen molar-refractivity contribution >= 4 is 23.2 Å². The van der Waals surface area contributed by atoms with Gasteiger partial charge in [0.05, 0.1) is 29.3 Å². The van der Waals surface area contributed by atoms with Crippen molar-refractivity contribution in [1.82, 2.24) is 4.90 Å². The van der Waals surface area contributed by atoms with Crippen molar-refractivity contribution in [1.29, 1.82) is 0 Å². The van der Waals surface area contributed by atoms with E-state index in [1.807, 2.05) is 0 Å². The summed E-state index contributed by atoms with van der Waals surface area (Å²) in [7, 11) is 0. The topological polar surface area (TPSA) is 43.7 Å². The molecule has 0 fully saturated rings. The number of hydrogen-bond donors (Lipinski definition) is 2. The van der Waals surface area contributed by atoms with E-state index < -0.39 is 18.8 Å². The zero-order chi connectivity index (χ0) is 16.0. The Hall–Kier alpha value is -0.530. The van der Waals surface area contributed by atoms with E-state index in [0.29, 0.717) is 5.56 Å². The molecule has 0 saturated carbocycles. The summed E-state index contributed by atoms with van der Waals surface area (Å²) in [6.45, 7) is -1.66. The van der Waals surface area contributed by atoms with Crippen LogP contribution in [0.4, 0.5) is 13.2 Å². The Labute approximate surface area is 130 Å². The average molecular weight is 346 g/mol. The van der Waals surface area contributed by atoms with Gasteiger partial charge in [0.2, 0.25) is 0 Å². The van der Waals surface area contributed by atoms with Gasteiger partial charge in [0.1, 0.15) is 0 Å². The summed E-state index contributed by atoms with van der Waals surface area (Å²) in [5.74, 6) is 0. The molecular formula is C13H16Cl2F3NO2. The molecule has 21 heavy (non-hydrogen) atoms. The van der Waals surface area contributed by atoms with E-state index in [2.05, 4.69) is 0 Å². The smallest absolute Gasteiger partial charge is 0.395 e. The molecule has 1 aromatic rings. The highest BCUT2D eigenvalue weighted by atomic mass is 35.5. The highest BCUT2D eigenvalue weighted by Crippen LogP contribution is 2.31. The zero-order valence-electron chi connectivity index (χ0n) is 11.1. The monoisotopic (exact) mass is 345 g/mol. The van der Waals surface area contributed by atoms with Crippen LogP contribution in [0.2, 0.25) is 10.0 Å². The third-order valence-corrected chi connectivity index (χ3v) is 3.71. The maximum Gasteiger partial charge on any atom is 0.401 e. The van der Waals surface area contributed by atoms with Crippen molar-refractivity contribution in [3.8, 4) is 0 Å². The van der Waals surface area contributed by atoms with Gasteiger partial charge in [-0.1, -0.05) is 35.3 Å². The molecule has 120 valence electrons. The van der Waals surface area contributed by atoms with Crippen molar-refractivity contribution < 1.29 is 23.4 Å². The van der Waals surface area contributed by atoms with Gasteiger partial charge in [-0.05, 0) is 12.5 Å². The molecule has 3 nitrogen and oxygen atoms in total. The minimum Gasteiger partial charge on any atom is -0.395 e. The molecule has 0 bridgehead atoms. The molecule has 0 aromatic heterocycles. The van der Waals surface area contributed by atoms with Crippen molar-refractivity contribution in [2.75, 3.05) is 26.2 Å². The molecule has 1 atom stereocenters. The van der Waals surface area contributed by atoms with Crippen LogP contribution in [0, 0.1) is 0 Å². The van der Waals surface area contributed by atoms with Crippen LogP contribution in [-0.2, 0) is 0 Å². The number of nitrogens with zero attached hydrogens (tertiary/aromatic N) is 1. The van der Waals surface area contributed by atoms with E-state index in [0.717, 1.165) is 4.90 Å². The van der Waals surface area contributed by atoms with Gasteiger partial charge in [-0.2, -0.15) is 13.2 Å². The Kier molecular flexibility index (Phi) is 7.23. The first-order chi connectivity index (χ1) is 9.74. The lowest BCUT2D eigenvalue weighted by Crippen LogP contribution is -2.37. The quantitative estimate of drug-likeness (QED) is 0.797. The van der Waals surface area contributed by atoms with E-state index in [1.165, 1.54) is 0 Å². The van der Waals surface area contributed by atoms with E-state index in [1.54, 1.807) is 18.2 Å². The second-order valence-corrected chi connectivity index (χ2v) is 5.35. The summed E-state index contributed by atoms with van der Waals surface area (Å²) in [5.41, 5.74) is 0.375. The number of rotatable bonds is 7. The Balaban J connectivity index is 2.64. The first kappa shape index (κ1) is 18.5. The summed E-state index contributed by atoms with van der Waals surface area (Å²) in [6.07, 6.45) is -5.32. The summed E-state index contributed by atoms with van der Waals surface area (Å²) in [6, 6.07) is 4.73. The first-order valence-corrected chi connectivity index (χ1v) is 7.02. The highest BCUT2D eigenvalue weighted by molar-refractivity contribution is 6.42. The van der Waals surface area contributed by atoms with Crippen molar-refractivity contribution in [3.63, 3.8) is 0 Å². The van der Waals surface area contributed by atoms with Crippen LogP contribution in [0.25, 0.3) is 0 Å². The molecule has 1 aromatic carbocycles. The number of benzene rings is 1. The minimum absolute atomic E-state index is 0.0237. The van der Waals surface area contributed by atoms with Crippen LogP contribution in [0.15, 0.2) is 18.2 Å². The van der Waals surface area contributed by atoms with Gasteiger partial charge in [0.25, 0.3) is 0 Å². The summed E-state index contributed by atoms with van der Waals surface area (Å²) < 4.78 is 37.1. The molecule has 0 aliphatic heterocycles. The van der Waals surface area contributed by atoms with Gasteiger partial charge in [-0.25, -0.2) is 0 Å². The second-order valence-electron chi connectivity index (χ2n) is 4.56. The van der Waals surface area contributed by atoms with Crippen LogP contribution in [0.3, 0.4) is 0 Å². The normalized spacial score (nSPS) is 13.7. The molecule has 0 aliphatic carbocycles. The third kappa shape index (κ3) is 6.40. The molecule has 2 N–H and O–H groups in total. The van der Waals surface area contributed by atoms with Crippen molar-refractivity contribution in [3.05, 3.63) is 33.8 Å². The molecule has 0 aliphatic rings. The molecular weight excluding hydrogens is 330 g/mol. The van der Waals surface area contributed by atoms with Gasteiger partial charge in [-0.15, -0.1) is 0 Å². The number of aliphatic hydroxyl groups excluding tert-OH is 2. The fourth-order valence-electron chi connectivity index (χ4n) is 1.90. The van der Waals surface area contributed by atoms with Gasteiger partial charge in [0.15, 0.2) is 0 Å². The summed E-state index contributed by atoms with van der Waals surface area (Å²) >= 11 is 11.8. The Bertz CT molecular complexity index is 458. The second kappa shape index (κ2) is 8.19. The largest absolute Gasteiger partial charge is 0.401 e. The van der Waals surface area contributed by atoms with Gasteiger partial charge in [-0.3, -0.25) is 4.90 Å². The number of alkyl halides is 3. The SMILES string of the molecule is OCCN(CCC(O)c1cccc(Cl)c1Cl)CC(F)(F)F. The lowest BCUT2D eigenvalue weighted by Gasteiger charge is -2.24. The fraction of sp³-hybridized carbons (Fsp3) is 0.538. The Morgan fingerprint density at radius 3 is 2.43 bits per heavy atom. The number of aliphatic hydroxyl groups is 2. The van der Waals surface area contributed by atoms with Gasteiger partial charge >= 0.3 is 6.18 Å². The van der Waals surface area contributed by atoms with Gasteiger partial charge < -0.3 is 10.2 Å². The lowest BCUT2D eigenvalue weighted by molar-refractivity contribution is -0.147. The molecule has 0 amide bonds. The number of halogens is 5. The van der Waals surface area contributed by atoms with E-state index in [9.17, 15) is 18.3 Å². The zero-order valence-corrected chi connectivity index (χ0v) is 12.6. The molecule has 1 unspecified atom stereocenters. The van der Waals surface area contributed by atoms with E-state index in [-0.39, 0.29) is 36.2 Å². The maximum atomic E-state index is 12.4. The van der Waals surface area contributed by atoms with Crippen LogP contribution >= 0.6 is 23.2 Å². The van der Waals surface area contributed by atoms with Crippen molar-refractivity contribution in [2.24, 2.45) is 0 Å². The molecule has 0 heterocycles. The van der Waals surface area contributed by atoms with Crippen LogP contribution in [0.5, 0.6) is 0 Å². The Morgan fingerprint density at radius 1 is 1.19 bits per heavy atom. The predicted molar refractivity (Wildman–Crippen MR) is 75.6 cm³/mol. The molecule has 0 radical (unpaired) electrons. The minimum atomic E-state index is -4.35. The van der Waals surface area contributed by atoms with Gasteiger partial charge in [0, 0.05) is 18.7 Å². The Morgan fingerprint density at radius 2 is 1.86 bits per heavy atom. The van der Waals surface area contributed by atoms with Crippen LogP contribution < -0.4 is 0 Å². The summed E-state index contributed by atoms with van der Waals surface area (Å²) in [5, 5.41) is 19.3. The van der Waals surface area contributed by atoms with E-state index in [4.69, 9.17) is 28.3 Å². The highest BCUT2D eigenvalue weighted by Gasteiger charge is 2.30. The lowest BCUT2D eigenvalue weighted by atomic mass is 10.1. The maximum absolute atomic E-state index is 12.4. The third-order valence-electron chi connectivity index (χ3n) is 2.88. The average Bonchev–Trinajstić information content (AvgIpc) is 2.37. The van der Waals surface area contributed by atoms with E-state index >= 15 is 0 Å². The predicted octanol–water partition coefficient (Wildman–Crippen LogP) is 3.27. The molecule has 0 spiro atoms. The summed E-state index contributed by atoms with van der Waals surface area (Å²) in [4.78, 5) is 1.03. The van der Waals surface area contributed by atoms with Crippen LogP contribution in [-0.4, -0.2) is 47.5 Å². The fourth-order valence-corrected chi connectivity index (χ4v) is 2.34. The van der Waals surface area contributed by atoms with Crippen LogP contribution in [0.1, 0.15) is 18.1 Å². The first-order valence-electron chi connectivity index (χ1n) is 6.26. The standard InChI is InChI=1S/C13H16Cl2F3NO2/c14-10-3-1-2-9(12(10)15)11(21)4-5-19(6-7-20)8-13(16,17)18/h1-3,11,20-21H,4-8H2.